The van der Waals surface area contributed by atoms with E-state index in [1.54, 1.807) is 29.2 Å². The number of hydrogen-bond acceptors (Lipinski definition) is 5. The first-order chi connectivity index (χ1) is 14.6. The number of piperidine rings is 1. The molecule has 2 aromatic rings. The fourth-order valence-electron chi connectivity index (χ4n) is 3.50. The second kappa shape index (κ2) is 9.23. The van der Waals surface area contributed by atoms with Crippen molar-refractivity contribution < 1.29 is 22.4 Å². The van der Waals surface area contributed by atoms with Crippen molar-refractivity contribution in [3.05, 3.63) is 48.4 Å². The number of nitrogens with one attached hydrogen (secondary N) is 2. The van der Waals surface area contributed by atoms with E-state index >= 15 is 0 Å². The van der Waals surface area contributed by atoms with Gasteiger partial charge in [-0.3, -0.25) is 9.59 Å². The summed E-state index contributed by atoms with van der Waals surface area (Å²) >= 11 is 0. The molecule has 1 aromatic heterocycles. The molecule has 1 aromatic carbocycles. The summed E-state index contributed by atoms with van der Waals surface area (Å²) in [6.07, 6.45) is 2.91. The number of hydrogen-bond donors (Lipinski definition) is 2. The van der Waals surface area contributed by atoms with E-state index < -0.39 is 15.4 Å². The molecule has 1 unspecified atom stereocenters. The molecule has 1 saturated heterocycles. The van der Waals surface area contributed by atoms with Gasteiger partial charge in [-0.2, -0.15) is 0 Å². The average molecular weight is 448 g/mol. The summed E-state index contributed by atoms with van der Waals surface area (Å²) in [5.41, 5.74) is -0.103. The smallest absolute Gasteiger partial charge is 0.241 e. The molecule has 9 heteroatoms. The van der Waals surface area contributed by atoms with Gasteiger partial charge in [0.25, 0.3) is 0 Å². The Morgan fingerprint density at radius 1 is 1.19 bits per heavy atom. The summed E-state index contributed by atoms with van der Waals surface area (Å²) in [5.74, 6) is -0.0256. The van der Waals surface area contributed by atoms with Crippen LogP contribution in [0.3, 0.4) is 0 Å². The number of furan rings is 1. The quantitative estimate of drug-likeness (QED) is 0.708. The van der Waals surface area contributed by atoms with E-state index in [1.165, 1.54) is 18.4 Å². The Morgan fingerprint density at radius 2 is 1.97 bits per heavy atom. The lowest BCUT2D eigenvalue weighted by atomic mass is 9.91. The summed E-state index contributed by atoms with van der Waals surface area (Å²) in [4.78, 5) is 27.2. The highest BCUT2D eigenvalue weighted by molar-refractivity contribution is 7.89. The van der Waals surface area contributed by atoms with E-state index in [1.807, 2.05) is 20.8 Å². The molecule has 0 radical (unpaired) electrons. The molecule has 1 fully saturated rings. The first-order valence-electron chi connectivity index (χ1n) is 10.3. The van der Waals surface area contributed by atoms with Gasteiger partial charge in [0.15, 0.2) is 0 Å². The second-order valence-electron chi connectivity index (χ2n) is 8.76. The van der Waals surface area contributed by atoms with Gasteiger partial charge in [-0.05, 0) is 43.2 Å². The first-order valence-corrected chi connectivity index (χ1v) is 11.8. The van der Waals surface area contributed by atoms with Crippen LogP contribution in [0.1, 0.15) is 39.4 Å². The van der Waals surface area contributed by atoms with E-state index in [0.29, 0.717) is 31.0 Å². The lowest BCUT2D eigenvalue weighted by Gasteiger charge is -2.35. The van der Waals surface area contributed by atoms with E-state index in [-0.39, 0.29) is 29.2 Å². The van der Waals surface area contributed by atoms with Gasteiger partial charge in [-0.25, -0.2) is 13.1 Å². The van der Waals surface area contributed by atoms with Crippen molar-refractivity contribution in [2.45, 2.75) is 45.1 Å². The Hall–Kier alpha value is -2.65. The van der Waals surface area contributed by atoms with Crippen LogP contribution >= 0.6 is 0 Å². The van der Waals surface area contributed by atoms with Gasteiger partial charge in [0.1, 0.15) is 5.76 Å². The minimum Gasteiger partial charge on any atom is -0.468 e. The van der Waals surface area contributed by atoms with Crippen molar-refractivity contribution in [2.24, 2.45) is 11.3 Å². The lowest BCUT2D eigenvalue weighted by molar-refractivity contribution is -0.142. The van der Waals surface area contributed by atoms with Crippen LogP contribution in [0.15, 0.2) is 52.0 Å². The van der Waals surface area contributed by atoms with Crippen LogP contribution < -0.4 is 10.0 Å². The van der Waals surface area contributed by atoms with Gasteiger partial charge in [-0.1, -0.05) is 26.8 Å². The second-order valence-corrected chi connectivity index (χ2v) is 10.5. The standard InChI is InChI=1S/C22H29N3O5S/c1-22(2,3)21(27)25-11-5-7-16(15-25)20(26)24-17-8-4-10-19(13-17)31(28,29)23-14-18-9-6-12-30-18/h4,6,8-10,12-13,16,23H,5,7,11,14-15H2,1-3H3,(H,24,26). The van der Waals surface area contributed by atoms with Crippen LogP contribution in [-0.4, -0.2) is 38.2 Å². The predicted molar refractivity (Wildman–Crippen MR) is 117 cm³/mol. The Bertz CT molecular complexity index is 1030. The van der Waals surface area contributed by atoms with Crippen molar-refractivity contribution in [3.63, 3.8) is 0 Å². The molecule has 1 aliphatic heterocycles. The van der Waals surface area contributed by atoms with Crippen LogP contribution in [0, 0.1) is 11.3 Å². The van der Waals surface area contributed by atoms with Crippen molar-refractivity contribution in [1.29, 1.82) is 0 Å². The maximum atomic E-state index is 12.8. The Balaban J connectivity index is 1.64. The molecular weight excluding hydrogens is 418 g/mol. The normalized spacial score (nSPS) is 17.4. The summed E-state index contributed by atoms with van der Waals surface area (Å²) in [5, 5.41) is 2.80. The molecule has 2 N–H and O–H groups in total. The Labute approximate surface area is 183 Å². The van der Waals surface area contributed by atoms with Gasteiger partial charge < -0.3 is 14.6 Å². The Morgan fingerprint density at radius 3 is 2.65 bits per heavy atom. The highest BCUT2D eigenvalue weighted by Gasteiger charge is 2.33. The van der Waals surface area contributed by atoms with E-state index in [9.17, 15) is 18.0 Å². The highest BCUT2D eigenvalue weighted by Crippen LogP contribution is 2.25. The zero-order chi connectivity index (χ0) is 22.6. The summed E-state index contributed by atoms with van der Waals surface area (Å²) < 4.78 is 32.8. The molecule has 3 rings (SSSR count). The Kier molecular flexibility index (Phi) is 6.86. The van der Waals surface area contributed by atoms with E-state index in [4.69, 9.17) is 4.42 Å². The number of carbonyl (C=O) groups is 2. The van der Waals surface area contributed by atoms with Gasteiger partial charge in [0, 0.05) is 24.2 Å². The van der Waals surface area contributed by atoms with Crippen molar-refractivity contribution in [1.82, 2.24) is 9.62 Å². The van der Waals surface area contributed by atoms with E-state index in [0.717, 1.165) is 6.42 Å². The zero-order valence-electron chi connectivity index (χ0n) is 18.1. The molecule has 31 heavy (non-hydrogen) atoms. The molecule has 0 spiro atoms. The minimum atomic E-state index is -3.77. The third-order valence-electron chi connectivity index (χ3n) is 5.15. The largest absolute Gasteiger partial charge is 0.468 e. The number of rotatable bonds is 6. The first kappa shape index (κ1) is 23.0. The summed E-state index contributed by atoms with van der Waals surface area (Å²) in [6, 6.07) is 9.46. The molecule has 0 bridgehead atoms. The van der Waals surface area contributed by atoms with Crippen molar-refractivity contribution in [3.8, 4) is 0 Å². The van der Waals surface area contributed by atoms with E-state index in [2.05, 4.69) is 10.0 Å². The van der Waals surface area contributed by atoms with Crippen LogP contribution in [0.5, 0.6) is 0 Å². The number of benzene rings is 1. The minimum absolute atomic E-state index is 0.0284. The number of likely N-dealkylation sites (tertiary alicyclic amines) is 1. The summed E-state index contributed by atoms with van der Waals surface area (Å²) in [6.45, 7) is 6.64. The predicted octanol–water partition coefficient (Wildman–Crippen LogP) is 2.98. The number of amides is 2. The molecule has 0 saturated carbocycles. The number of carbonyl (C=O) groups excluding carboxylic acids is 2. The molecule has 1 atom stereocenters. The highest BCUT2D eigenvalue weighted by atomic mass is 32.2. The molecule has 2 heterocycles. The fraction of sp³-hybridized carbons (Fsp3) is 0.455. The van der Waals surface area contributed by atoms with Crippen LogP contribution in [0.4, 0.5) is 5.69 Å². The van der Waals surface area contributed by atoms with Crippen molar-refractivity contribution in [2.75, 3.05) is 18.4 Å². The van der Waals surface area contributed by atoms with Crippen LogP contribution in [-0.2, 0) is 26.2 Å². The molecule has 1 aliphatic rings. The van der Waals surface area contributed by atoms with Gasteiger partial charge >= 0.3 is 0 Å². The number of nitrogens with zero attached hydrogens (tertiary/aromatic N) is 1. The third-order valence-corrected chi connectivity index (χ3v) is 6.55. The molecule has 8 nitrogen and oxygen atoms in total. The summed E-state index contributed by atoms with van der Waals surface area (Å²) in [7, 11) is -3.77. The van der Waals surface area contributed by atoms with Crippen molar-refractivity contribution >= 4 is 27.5 Å². The maximum absolute atomic E-state index is 12.8. The van der Waals surface area contributed by atoms with Crippen LogP contribution in [0.25, 0.3) is 0 Å². The molecular formula is C22H29N3O5S. The van der Waals surface area contributed by atoms with Gasteiger partial charge in [0.05, 0.1) is 23.6 Å². The number of anilines is 1. The monoisotopic (exact) mass is 447 g/mol. The lowest BCUT2D eigenvalue weighted by Crippen LogP contribution is -2.47. The molecule has 168 valence electrons. The SMILES string of the molecule is CC(C)(C)C(=O)N1CCCC(C(=O)Nc2cccc(S(=O)(=O)NCc3ccco3)c2)C1. The number of sulfonamides is 1. The van der Waals surface area contributed by atoms with Gasteiger partial charge in [0.2, 0.25) is 21.8 Å². The molecule has 2 amide bonds. The topological polar surface area (TPSA) is 109 Å². The molecule has 0 aliphatic carbocycles. The average Bonchev–Trinajstić information content (AvgIpc) is 3.25. The zero-order valence-corrected chi connectivity index (χ0v) is 18.9. The fourth-order valence-corrected chi connectivity index (χ4v) is 4.54. The third kappa shape index (κ3) is 5.95. The van der Waals surface area contributed by atoms with Crippen LogP contribution in [0.2, 0.25) is 0 Å². The maximum Gasteiger partial charge on any atom is 0.241 e. The van der Waals surface area contributed by atoms with Gasteiger partial charge in [-0.15, -0.1) is 0 Å².